The molecule has 0 aliphatic carbocycles. The third-order valence-corrected chi connectivity index (χ3v) is 7.06. The van der Waals surface area contributed by atoms with Gasteiger partial charge in [-0.05, 0) is 42.1 Å². The largest absolute Gasteiger partial charge is 0.488 e. The molecule has 228 valence electrons. The summed E-state index contributed by atoms with van der Waals surface area (Å²) in [6, 6.07) is 25.6. The van der Waals surface area contributed by atoms with Gasteiger partial charge in [0.1, 0.15) is 30.3 Å². The highest BCUT2D eigenvalue weighted by Gasteiger charge is 2.30. The van der Waals surface area contributed by atoms with E-state index in [-0.39, 0.29) is 17.5 Å². The van der Waals surface area contributed by atoms with Crippen LogP contribution in [-0.2, 0) is 19.8 Å². The molecule has 44 heavy (non-hydrogen) atoms. The predicted molar refractivity (Wildman–Crippen MR) is 168 cm³/mol. The lowest BCUT2D eigenvalue weighted by Crippen LogP contribution is -2.23. The van der Waals surface area contributed by atoms with Crippen molar-refractivity contribution in [1.82, 2.24) is 20.9 Å². The first-order valence-corrected chi connectivity index (χ1v) is 14.9. The number of benzene rings is 3. The lowest BCUT2D eigenvalue weighted by Gasteiger charge is -2.19. The second-order valence-electron chi connectivity index (χ2n) is 10.6. The molecule has 9 nitrogen and oxygen atoms in total. The van der Waals surface area contributed by atoms with Gasteiger partial charge < -0.3 is 29.2 Å². The Balaban J connectivity index is 1.63. The molecule has 0 fully saturated rings. The van der Waals surface area contributed by atoms with Crippen LogP contribution in [-0.4, -0.2) is 29.3 Å². The molecule has 2 N–H and O–H groups in total. The molecule has 0 saturated carbocycles. The Hall–Kier alpha value is -4.89. The zero-order chi connectivity index (χ0) is 30.9. The van der Waals surface area contributed by atoms with Gasteiger partial charge in [0.2, 0.25) is 0 Å². The molecule has 5 rings (SSSR count). The minimum atomic E-state index is -0.374. The number of nitrogens with zero attached hydrogens (tertiary/aromatic N) is 2. The molecule has 1 amide bonds. The molecule has 2 aromatic heterocycles. The monoisotopic (exact) mass is 594 g/mol. The summed E-state index contributed by atoms with van der Waals surface area (Å²) in [6.07, 6.45) is 0. The molecule has 0 atom stereocenters. The fourth-order valence-corrected chi connectivity index (χ4v) is 4.79. The predicted octanol–water partition coefficient (Wildman–Crippen LogP) is 7.14. The van der Waals surface area contributed by atoms with Crippen LogP contribution in [0.5, 0.6) is 11.5 Å². The standard InChI is InChI=1S/C35H38N4O5/c1-5-36-20-26-17-31(43-38-26)32-33(35(40)37-6-2)39-44-34(32)28-18-27(23(3)4)29(41-21-24-13-9-7-10-14-24)19-30(28)42-22-25-15-11-8-12-16-25/h7-19,23,36H,5-6,20-22H2,1-4H3,(H,37,40). The highest BCUT2D eigenvalue weighted by atomic mass is 16.5. The third-order valence-electron chi connectivity index (χ3n) is 7.06. The number of aromatic nitrogens is 2. The Morgan fingerprint density at radius 1 is 0.818 bits per heavy atom. The molecule has 0 spiro atoms. The van der Waals surface area contributed by atoms with Crippen molar-refractivity contribution in [2.24, 2.45) is 0 Å². The Kier molecular flexibility index (Phi) is 10.1. The summed E-state index contributed by atoms with van der Waals surface area (Å²) in [5.41, 5.74) is 4.85. The van der Waals surface area contributed by atoms with Gasteiger partial charge in [-0.3, -0.25) is 4.79 Å². The molecule has 0 aliphatic rings. The number of amides is 1. The fraction of sp³-hybridized carbons (Fsp3) is 0.286. The smallest absolute Gasteiger partial charge is 0.274 e. The Bertz CT molecular complexity index is 1660. The molecule has 0 aliphatic heterocycles. The molecule has 0 unspecified atom stereocenters. The fourth-order valence-electron chi connectivity index (χ4n) is 4.79. The van der Waals surface area contributed by atoms with Crippen LogP contribution in [0.3, 0.4) is 0 Å². The van der Waals surface area contributed by atoms with Gasteiger partial charge >= 0.3 is 0 Å². The highest BCUT2D eigenvalue weighted by molar-refractivity contribution is 6.01. The number of hydrogen-bond donors (Lipinski definition) is 2. The van der Waals surface area contributed by atoms with Crippen molar-refractivity contribution in [2.75, 3.05) is 13.1 Å². The van der Waals surface area contributed by atoms with E-state index in [9.17, 15) is 4.79 Å². The van der Waals surface area contributed by atoms with E-state index in [0.29, 0.717) is 66.1 Å². The van der Waals surface area contributed by atoms with Crippen molar-refractivity contribution in [3.63, 3.8) is 0 Å². The van der Waals surface area contributed by atoms with Crippen molar-refractivity contribution < 1.29 is 23.3 Å². The van der Waals surface area contributed by atoms with Gasteiger partial charge in [0.25, 0.3) is 5.91 Å². The lowest BCUT2D eigenvalue weighted by molar-refractivity contribution is 0.0947. The van der Waals surface area contributed by atoms with Crippen molar-refractivity contribution >= 4 is 5.91 Å². The number of nitrogens with one attached hydrogen (secondary N) is 2. The van der Waals surface area contributed by atoms with Crippen LogP contribution in [0.4, 0.5) is 0 Å². The van der Waals surface area contributed by atoms with Gasteiger partial charge in [-0.25, -0.2) is 0 Å². The topological polar surface area (TPSA) is 112 Å². The van der Waals surface area contributed by atoms with Gasteiger partial charge in [0.15, 0.2) is 17.2 Å². The van der Waals surface area contributed by atoms with Crippen LogP contribution >= 0.6 is 0 Å². The number of carbonyl (C=O) groups excluding carboxylic acids is 1. The minimum absolute atomic E-state index is 0.105. The highest BCUT2D eigenvalue weighted by Crippen LogP contribution is 2.44. The second-order valence-corrected chi connectivity index (χ2v) is 10.6. The van der Waals surface area contributed by atoms with Crippen LogP contribution in [0.1, 0.15) is 66.5 Å². The molecular weight excluding hydrogens is 556 g/mol. The van der Waals surface area contributed by atoms with Crippen molar-refractivity contribution in [3.05, 3.63) is 107 Å². The van der Waals surface area contributed by atoms with Crippen LogP contribution in [0.2, 0.25) is 0 Å². The molecular formula is C35H38N4O5. The van der Waals surface area contributed by atoms with Crippen LogP contribution < -0.4 is 20.1 Å². The van der Waals surface area contributed by atoms with E-state index >= 15 is 0 Å². The maximum absolute atomic E-state index is 13.1. The average molecular weight is 595 g/mol. The summed E-state index contributed by atoms with van der Waals surface area (Å²) in [4.78, 5) is 13.1. The van der Waals surface area contributed by atoms with Gasteiger partial charge in [0, 0.05) is 25.2 Å². The number of ether oxygens (including phenoxy) is 2. The molecule has 5 aromatic rings. The van der Waals surface area contributed by atoms with E-state index in [1.165, 1.54) is 0 Å². The van der Waals surface area contributed by atoms with Crippen LogP contribution in [0, 0.1) is 0 Å². The summed E-state index contributed by atoms with van der Waals surface area (Å²) >= 11 is 0. The molecule has 3 aromatic carbocycles. The minimum Gasteiger partial charge on any atom is -0.488 e. The van der Waals surface area contributed by atoms with E-state index in [0.717, 1.165) is 23.2 Å². The Morgan fingerprint density at radius 3 is 2.09 bits per heavy atom. The zero-order valence-electron chi connectivity index (χ0n) is 25.6. The molecule has 0 bridgehead atoms. The summed E-state index contributed by atoms with van der Waals surface area (Å²) in [5, 5.41) is 14.5. The van der Waals surface area contributed by atoms with E-state index in [1.54, 1.807) is 6.07 Å². The van der Waals surface area contributed by atoms with Crippen molar-refractivity contribution in [1.29, 1.82) is 0 Å². The number of hydrogen-bond acceptors (Lipinski definition) is 8. The van der Waals surface area contributed by atoms with E-state index in [2.05, 4.69) is 34.8 Å². The number of rotatable bonds is 14. The third kappa shape index (κ3) is 7.18. The van der Waals surface area contributed by atoms with Crippen molar-refractivity contribution in [2.45, 2.75) is 53.4 Å². The SMILES string of the molecule is CCNCc1cc(-c2c(C(=O)NCC)noc2-c2cc(C(C)C)c(OCc3ccccc3)cc2OCc2ccccc2)on1. The van der Waals surface area contributed by atoms with Gasteiger partial charge in [-0.2, -0.15) is 0 Å². The molecule has 0 saturated heterocycles. The molecule has 0 radical (unpaired) electrons. The van der Waals surface area contributed by atoms with Crippen LogP contribution in [0.15, 0.2) is 87.9 Å². The Morgan fingerprint density at radius 2 is 1.48 bits per heavy atom. The van der Waals surface area contributed by atoms with Gasteiger partial charge in [-0.15, -0.1) is 0 Å². The van der Waals surface area contributed by atoms with Gasteiger partial charge in [-0.1, -0.05) is 91.7 Å². The molecule has 2 heterocycles. The first kappa shape index (κ1) is 30.6. The number of carbonyl (C=O) groups is 1. The normalized spacial score (nSPS) is 11.1. The molecule has 9 heteroatoms. The maximum atomic E-state index is 13.1. The summed E-state index contributed by atoms with van der Waals surface area (Å²) in [7, 11) is 0. The maximum Gasteiger partial charge on any atom is 0.274 e. The van der Waals surface area contributed by atoms with E-state index in [1.807, 2.05) is 86.6 Å². The second kappa shape index (κ2) is 14.5. The zero-order valence-corrected chi connectivity index (χ0v) is 25.6. The lowest BCUT2D eigenvalue weighted by atomic mass is 9.95. The summed E-state index contributed by atoms with van der Waals surface area (Å²) < 4.78 is 24.5. The first-order chi connectivity index (χ1) is 21.5. The summed E-state index contributed by atoms with van der Waals surface area (Å²) in [5.74, 6) is 1.67. The average Bonchev–Trinajstić information content (AvgIpc) is 3.70. The van der Waals surface area contributed by atoms with E-state index < -0.39 is 0 Å². The quantitative estimate of drug-likeness (QED) is 0.140. The van der Waals surface area contributed by atoms with Crippen molar-refractivity contribution in [3.8, 4) is 34.1 Å². The first-order valence-electron chi connectivity index (χ1n) is 14.9. The van der Waals surface area contributed by atoms with E-state index in [4.69, 9.17) is 18.5 Å². The summed E-state index contributed by atoms with van der Waals surface area (Å²) in [6.45, 7) is 10.5. The van der Waals surface area contributed by atoms with Crippen LogP contribution in [0.25, 0.3) is 22.6 Å². The Labute approximate surface area is 257 Å². The van der Waals surface area contributed by atoms with Gasteiger partial charge in [0.05, 0.1) is 11.3 Å².